The summed E-state index contributed by atoms with van der Waals surface area (Å²) in [6.45, 7) is 3.27. The largest absolute Gasteiger partial charge is 0.400 e. The van der Waals surface area contributed by atoms with Crippen LogP contribution in [0.4, 0.5) is 13.2 Å². The number of alkyl halides is 3. The van der Waals surface area contributed by atoms with Gasteiger partial charge in [0.2, 0.25) is 5.91 Å². The number of amides is 1. The summed E-state index contributed by atoms with van der Waals surface area (Å²) in [7, 11) is 0. The Balaban J connectivity index is 4.36. The zero-order chi connectivity index (χ0) is 10.5. The van der Waals surface area contributed by atoms with Crippen LogP contribution in [-0.4, -0.2) is 12.1 Å². The van der Waals surface area contributed by atoms with Gasteiger partial charge < -0.3 is 0 Å². The predicted octanol–water partition coefficient (Wildman–Crippen LogP) is 1.12. The molecule has 0 fully saturated rings. The van der Waals surface area contributed by atoms with Gasteiger partial charge >= 0.3 is 6.18 Å². The number of nitrogens with two attached hydrogens (primary N) is 1. The van der Waals surface area contributed by atoms with Gasteiger partial charge in [0, 0.05) is 0 Å². The summed E-state index contributed by atoms with van der Waals surface area (Å²) in [5.74, 6) is 1.36. The minimum Gasteiger partial charge on any atom is -0.294 e. The summed E-state index contributed by atoms with van der Waals surface area (Å²) in [6, 6.07) is 0. The zero-order valence-corrected chi connectivity index (χ0v) is 6.90. The van der Waals surface area contributed by atoms with E-state index in [4.69, 9.17) is 0 Å². The molecule has 1 unspecified atom stereocenters. The van der Waals surface area contributed by atoms with Crippen molar-refractivity contribution in [2.45, 2.75) is 19.0 Å². The van der Waals surface area contributed by atoms with Crippen molar-refractivity contribution in [2.75, 3.05) is 0 Å². The number of carbonyl (C=O) groups is 1. The molecule has 0 aromatic carbocycles. The molecule has 0 rings (SSSR count). The maximum atomic E-state index is 12.1. The number of allylic oxidation sites excluding steroid dienone is 1. The van der Waals surface area contributed by atoms with Crippen molar-refractivity contribution in [1.29, 1.82) is 0 Å². The molecule has 3 nitrogen and oxygen atoms in total. The van der Waals surface area contributed by atoms with E-state index < -0.39 is 18.0 Å². The predicted molar refractivity (Wildman–Crippen MR) is 41.3 cm³/mol. The van der Waals surface area contributed by atoms with Crippen LogP contribution in [0.3, 0.4) is 0 Å². The molecule has 0 radical (unpaired) electrons. The van der Waals surface area contributed by atoms with E-state index in [1.807, 2.05) is 0 Å². The maximum Gasteiger partial charge on any atom is 0.400 e. The van der Waals surface area contributed by atoms with Crippen LogP contribution >= 0.6 is 0 Å². The van der Waals surface area contributed by atoms with E-state index in [1.165, 1.54) is 11.5 Å². The van der Waals surface area contributed by atoms with Crippen LogP contribution in [0.2, 0.25) is 0 Å². The molecular formula is C7H11F3N2O. The van der Waals surface area contributed by atoms with Crippen LogP contribution in [0.15, 0.2) is 12.7 Å². The number of hydrogen-bond donors (Lipinski definition) is 2. The van der Waals surface area contributed by atoms with E-state index in [0.717, 1.165) is 0 Å². The monoisotopic (exact) mass is 196 g/mol. The molecule has 6 heteroatoms. The second-order valence-electron chi connectivity index (χ2n) is 2.47. The SMILES string of the molecule is C=CCCC(C(=O)NN)C(F)(F)F. The van der Waals surface area contributed by atoms with Gasteiger partial charge in [0.15, 0.2) is 0 Å². The maximum absolute atomic E-state index is 12.1. The van der Waals surface area contributed by atoms with E-state index in [1.54, 1.807) is 0 Å². The van der Waals surface area contributed by atoms with Crippen molar-refractivity contribution in [3.05, 3.63) is 12.7 Å². The van der Waals surface area contributed by atoms with E-state index in [0.29, 0.717) is 0 Å². The van der Waals surface area contributed by atoms with Crippen molar-refractivity contribution < 1.29 is 18.0 Å². The minimum atomic E-state index is -4.55. The third-order valence-corrected chi connectivity index (χ3v) is 1.51. The molecule has 0 spiro atoms. The van der Waals surface area contributed by atoms with Gasteiger partial charge in [-0.2, -0.15) is 13.2 Å². The third-order valence-electron chi connectivity index (χ3n) is 1.51. The number of halogens is 3. The molecule has 76 valence electrons. The first-order valence-electron chi connectivity index (χ1n) is 3.61. The average Bonchev–Trinajstić information content (AvgIpc) is 2.02. The van der Waals surface area contributed by atoms with Crippen LogP contribution in [0, 0.1) is 5.92 Å². The third kappa shape index (κ3) is 3.93. The molecule has 0 saturated heterocycles. The van der Waals surface area contributed by atoms with Gasteiger partial charge in [-0.3, -0.25) is 10.2 Å². The van der Waals surface area contributed by atoms with E-state index in [-0.39, 0.29) is 12.8 Å². The first-order chi connectivity index (χ1) is 5.93. The van der Waals surface area contributed by atoms with Crippen LogP contribution < -0.4 is 11.3 Å². The van der Waals surface area contributed by atoms with Gasteiger partial charge in [-0.1, -0.05) is 6.08 Å². The molecule has 0 aromatic heterocycles. The number of hydrogen-bond acceptors (Lipinski definition) is 2. The smallest absolute Gasteiger partial charge is 0.294 e. The Morgan fingerprint density at radius 3 is 2.46 bits per heavy atom. The molecule has 1 atom stereocenters. The lowest BCUT2D eigenvalue weighted by atomic mass is 10.0. The number of hydrazine groups is 1. The van der Waals surface area contributed by atoms with E-state index >= 15 is 0 Å². The van der Waals surface area contributed by atoms with Gasteiger partial charge in [-0.25, -0.2) is 5.84 Å². The summed E-state index contributed by atoms with van der Waals surface area (Å²) >= 11 is 0. The molecule has 13 heavy (non-hydrogen) atoms. The number of nitrogens with one attached hydrogen (secondary N) is 1. The minimum absolute atomic E-state index is 0.123. The van der Waals surface area contributed by atoms with Gasteiger partial charge in [0.25, 0.3) is 0 Å². The molecular weight excluding hydrogens is 185 g/mol. The molecule has 0 bridgehead atoms. The topological polar surface area (TPSA) is 55.1 Å². The summed E-state index contributed by atoms with van der Waals surface area (Å²) in [5, 5.41) is 0. The van der Waals surface area contributed by atoms with Crippen molar-refractivity contribution in [1.82, 2.24) is 5.43 Å². The lowest BCUT2D eigenvalue weighted by Crippen LogP contribution is -2.42. The standard InChI is InChI=1S/C7H11F3N2O/c1-2-3-4-5(6(13)12-11)7(8,9)10/h2,5H,1,3-4,11H2,(H,12,13). The van der Waals surface area contributed by atoms with Crippen LogP contribution in [-0.2, 0) is 4.79 Å². The molecule has 1 amide bonds. The Bertz CT molecular complexity index is 191. The highest BCUT2D eigenvalue weighted by Crippen LogP contribution is 2.29. The molecule has 0 aliphatic heterocycles. The zero-order valence-electron chi connectivity index (χ0n) is 6.90. The quantitative estimate of drug-likeness (QED) is 0.306. The Kier molecular flexibility index (Phi) is 4.47. The van der Waals surface area contributed by atoms with Gasteiger partial charge in [0.1, 0.15) is 5.92 Å². The van der Waals surface area contributed by atoms with Crippen LogP contribution in [0.5, 0.6) is 0 Å². The lowest BCUT2D eigenvalue weighted by molar-refractivity contribution is -0.183. The number of rotatable bonds is 4. The molecule has 0 aliphatic rings. The summed E-state index contributed by atoms with van der Waals surface area (Å²) in [4.78, 5) is 10.7. The van der Waals surface area contributed by atoms with Gasteiger partial charge in [-0.05, 0) is 12.8 Å². The molecule has 0 aromatic rings. The fourth-order valence-corrected chi connectivity index (χ4v) is 0.829. The molecule has 0 heterocycles. The Morgan fingerprint density at radius 2 is 2.15 bits per heavy atom. The van der Waals surface area contributed by atoms with E-state index in [2.05, 4.69) is 12.4 Å². The average molecular weight is 196 g/mol. The fourth-order valence-electron chi connectivity index (χ4n) is 0.829. The van der Waals surface area contributed by atoms with Crippen molar-refractivity contribution in [3.8, 4) is 0 Å². The first-order valence-corrected chi connectivity index (χ1v) is 3.61. The second kappa shape index (κ2) is 4.86. The lowest BCUT2D eigenvalue weighted by Gasteiger charge is -2.17. The summed E-state index contributed by atoms with van der Waals surface area (Å²) in [5.41, 5.74) is 1.49. The molecule has 0 aliphatic carbocycles. The van der Waals surface area contributed by atoms with Gasteiger partial charge in [0.05, 0.1) is 0 Å². The summed E-state index contributed by atoms with van der Waals surface area (Å²) < 4.78 is 36.4. The Labute approximate surface area is 73.8 Å². The first kappa shape index (κ1) is 12.0. The Morgan fingerprint density at radius 1 is 1.62 bits per heavy atom. The fraction of sp³-hybridized carbons (Fsp3) is 0.571. The molecule has 3 N–H and O–H groups in total. The van der Waals surface area contributed by atoms with Crippen LogP contribution in [0.25, 0.3) is 0 Å². The highest BCUT2D eigenvalue weighted by Gasteiger charge is 2.43. The molecule has 0 saturated carbocycles. The van der Waals surface area contributed by atoms with Gasteiger partial charge in [-0.15, -0.1) is 6.58 Å². The Hall–Kier alpha value is -1.04. The van der Waals surface area contributed by atoms with E-state index in [9.17, 15) is 18.0 Å². The number of carbonyl (C=O) groups excluding carboxylic acids is 1. The highest BCUT2D eigenvalue weighted by molar-refractivity contribution is 5.78. The normalized spacial score (nSPS) is 13.5. The highest BCUT2D eigenvalue weighted by atomic mass is 19.4. The van der Waals surface area contributed by atoms with Crippen LogP contribution in [0.1, 0.15) is 12.8 Å². The van der Waals surface area contributed by atoms with Crippen molar-refractivity contribution >= 4 is 5.91 Å². The summed E-state index contributed by atoms with van der Waals surface area (Å²) in [6.07, 6.45) is -3.43. The van der Waals surface area contributed by atoms with Crippen molar-refractivity contribution in [3.63, 3.8) is 0 Å². The second-order valence-corrected chi connectivity index (χ2v) is 2.47. The van der Waals surface area contributed by atoms with Crippen molar-refractivity contribution in [2.24, 2.45) is 11.8 Å².